The van der Waals surface area contributed by atoms with Crippen LogP contribution in [0.1, 0.15) is 22.3 Å². The van der Waals surface area contributed by atoms with Crippen LogP contribution in [0.5, 0.6) is 11.5 Å². The zero-order chi connectivity index (χ0) is 25.6. The maximum atomic E-state index is 13.5. The fourth-order valence-electron chi connectivity index (χ4n) is 3.53. The Kier molecular flexibility index (Phi) is 8.14. The Hall–Kier alpha value is -3.85. The quantitative estimate of drug-likeness (QED) is 0.358. The van der Waals surface area contributed by atoms with Gasteiger partial charge in [-0.15, -0.1) is 0 Å². The van der Waals surface area contributed by atoms with Crippen molar-refractivity contribution in [2.45, 2.75) is 25.7 Å². The molecule has 1 N–H and O–H groups in total. The number of hydrogen-bond donors (Lipinski definition) is 1. The number of nitrogens with zero attached hydrogens (tertiary/aromatic N) is 2. The summed E-state index contributed by atoms with van der Waals surface area (Å²) in [6.45, 7) is 5.17. The van der Waals surface area contributed by atoms with E-state index in [1.807, 2.05) is 26.8 Å². The average Bonchev–Trinajstić information content (AvgIpc) is 2.82. The van der Waals surface area contributed by atoms with Crippen LogP contribution in [0, 0.1) is 20.8 Å². The summed E-state index contributed by atoms with van der Waals surface area (Å²) >= 11 is 0. The third-order valence-electron chi connectivity index (χ3n) is 5.22. The number of carbonyl (C=O) groups excluding carboxylic acids is 1. The van der Waals surface area contributed by atoms with E-state index in [1.54, 1.807) is 49.6 Å². The van der Waals surface area contributed by atoms with Gasteiger partial charge in [-0.2, -0.15) is 5.10 Å². The van der Waals surface area contributed by atoms with Crippen molar-refractivity contribution in [3.05, 3.63) is 82.9 Å². The molecule has 35 heavy (non-hydrogen) atoms. The fourth-order valence-corrected chi connectivity index (χ4v) is 4.93. The highest BCUT2D eigenvalue weighted by molar-refractivity contribution is 7.92. The van der Waals surface area contributed by atoms with E-state index < -0.39 is 22.5 Å². The monoisotopic (exact) mass is 495 g/mol. The molecule has 0 aliphatic carbocycles. The number of ether oxygens (including phenoxy) is 2. The topological polar surface area (TPSA) is 97.3 Å². The SMILES string of the molecule is COc1ccc(OC)c(/C=N\NC(=O)CN(c2cc(C)cc(C)c2)S(=O)(=O)c2ccc(C)cc2)c1. The van der Waals surface area contributed by atoms with Gasteiger partial charge in [-0.3, -0.25) is 9.10 Å². The Morgan fingerprint density at radius 3 is 2.17 bits per heavy atom. The van der Waals surface area contributed by atoms with E-state index in [9.17, 15) is 13.2 Å². The number of methoxy groups -OCH3 is 2. The van der Waals surface area contributed by atoms with Gasteiger partial charge in [-0.05, 0) is 74.4 Å². The van der Waals surface area contributed by atoms with Crippen LogP contribution in [-0.4, -0.2) is 41.3 Å². The van der Waals surface area contributed by atoms with Crippen molar-refractivity contribution in [1.29, 1.82) is 0 Å². The van der Waals surface area contributed by atoms with E-state index in [0.717, 1.165) is 21.0 Å². The van der Waals surface area contributed by atoms with Gasteiger partial charge in [-0.1, -0.05) is 23.8 Å². The van der Waals surface area contributed by atoms with Crippen molar-refractivity contribution in [2.24, 2.45) is 5.10 Å². The van der Waals surface area contributed by atoms with Crippen LogP contribution in [0.4, 0.5) is 5.69 Å². The van der Waals surface area contributed by atoms with Crippen molar-refractivity contribution in [1.82, 2.24) is 5.43 Å². The highest BCUT2D eigenvalue weighted by atomic mass is 32.2. The number of anilines is 1. The third-order valence-corrected chi connectivity index (χ3v) is 7.01. The van der Waals surface area contributed by atoms with Gasteiger partial charge in [-0.25, -0.2) is 13.8 Å². The smallest absolute Gasteiger partial charge is 0.264 e. The van der Waals surface area contributed by atoms with Crippen LogP contribution in [0.25, 0.3) is 0 Å². The summed E-state index contributed by atoms with van der Waals surface area (Å²) in [6.07, 6.45) is 1.41. The third kappa shape index (κ3) is 6.39. The molecule has 3 rings (SSSR count). The first-order valence-electron chi connectivity index (χ1n) is 10.9. The summed E-state index contributed by atoms with van der Waals surface area (Å²) in [5.41, 5.74) is 6.09. The molecule has 0 aliphatic heterocycles. The number of rotatable bonds is 9. The molecule has 0 saturated carbocycles. The number of benzene rings is 3. The van der Waals surface area contributed by atoms with Crippen molar-refractivity contribution in [3.63, 3.8) is 0 Å². The number of sulfonamides is 1. The number of hydrogen-bond acceptors (Lipinski definition) is 6. The van der Waals surface area contributed by atoms with Gasteiger partial charge < -0.3 is 9.47 Å². The van der Waals surface area contributed by atoms with Gasteiger partial charge in [0.1, 0.15) is 18.0 Å². The van der Waals surface area contributed by atoms with Crippen LogP contribution in [0.15, 0.2) is 70.7 Å². The minimum Gasteiger partial charge on any atom is -0.497 e. The summed E-state index contributed by atoms with van der Waals surface area (Å²) in [6, 6.07) is 17.1. The molecule has 8 nitrogen and oxygen atoms in total. The Morgan fingerprint density at radius 2 is 1.57 bits per heavy atom. The van der Waals surface area contributed by atoms with Gasteiger partial charge in [0.25, 0.3) is 15.9 Å². The summed E-state index contributed by atoms with van der Waals surface area (Å²) in [5.74, 6) is 0.546. The Balaban J connectivity index is 1.88. The summed E-state index contributed by atoms with van der Waals surface area (Å²) < 4.78 is 38.7. The number of carbonyl (C=O) groups is 1. The molecular formula is C26H29N3O5S. The van der Waals surface area contributed by atoms with E-state index in [-0.39, 0.29) is 4.90 Å². The minimum atomic E-state index is -4.01. The number of hydrazone groups is 1. The molecule has 0 spiro atoms. The van der Waals surface area contributed by atoms with E-state index in [1.165, 1.54) is 25.5 Å². The lowest BCUT2D eigenvalue weighted by atomic mass is 10.1. The second-order valence-electron chi connectivity index (χ2n) is 8.07. The zero-order valence-corrected chi connectivity index (χ0v) is 21.2. The standard InChI is InChI=1S/C26H29N3O5S/c1-18-6-9-24(10-7-18)35(31,32)29(22-13-19(2)12-20(3)14-22)17-26(30)28-27-16-21-15-23(33-4)8-11-25(21)34-5/h6-16H,17H2,1-5H3,(H,28,30)/b27-16-. The normalized spacial score (nSPS) is 11.3. The predicted octanol–water partition coefficient (Wildman–Crippen LogP) is 3.97. The largest absolute Gasteiger partial charge is 0.497 e. The van der Waals surface area contributed by atoms with Crippen LogP contribution in [0.2, 0.25) is 0 Å². The first kappa shape index (κ1) is 25.8. The highest BCUT2D eigenvalue weighted by Gasteiger charge is 2.27. The van der Waals surface area contributed by atoms with Crippen LogP contribution < -0.4 is 19.2 Å². The average molecular weight is 496 g/mol. The molecule has 3 aromatic rings. The Morgan fingerprint density at radius 1 is 0.914 bits per heavy atom. The van der Waals surface area contributed by atoms with Gasteiger partial charge in [0.15, 0.2) is 0 Å². The molecule has 0 radical (unpaired) electrons. The Bertz CT molecular complexity index is 1320. The van der Waals surface area contributed by atoms with Gasteiger partial charge in [0, 0.05) is 5.56 Å². The molecule has 0 atom stereocenters. The molecule has 184 valence electrons. The maximum Gasteiger partial charge on any atom is 0.264 e. The molecule has 0 unspecified atom stereocenters. The summed E-state index contributed by atoms with van der Waals surface area (Å²) in [5, 5.41) is 3.99. The second-order valence-corrected chi connectivity index (χ2v) is 9.93. The minimum absolute atomic E-state index is 0.0969. The molecule has 0 heterocycles. The molecular weight excluding hydrogens is 466 g/mol. The van der Waals surface area contributed by atoms with Crippen molar-refractivity contribution < 1.29 is 22.7 Å². The zero-order valence-electron chi connectivity index (χ0n) is 20.4. The molecule has 0 aromatic heterocycles. The predicted molar refractivity (Wildman–Crippen MR) is 137 cm³/mol. The summed E-state index contributed by atoms with van der Waals surface area (Å²) in [7, 11) is -0.947. The van der Waals surface area contributed by atoms with Crippen LogP contribution in [0.3, 0.4) is 0 Å². The molecule has 0 saturated heterocycles. The first-order valence-corrected chi connectivity index (χ1v) is 12.3. The van der Waals surface area contributed by atoms with E-state index in [0.29, 0.717) is 22.7 Å². The summed E-state index contributed by atoms with van der Waals surface area (Å²) in [4.78, 5) is 12.9. The van der Waals surface area contributed by atoms with Gasteiger partial charge >= 0.3 is 0 Å². The molecule has 1 amide bonds. The lowest BCUT2D eigenvalue weighted by Crippen LogP contribution is -2.39. The molecule has 0 bridgehead atoms. The van der Waals surface area contributed by atoms with Crippen LogP contribution >= 0.6 is 0 Å². The maximum absolute atomic E-state index is 13.5. The molecule has 0 aliphatic rings. The van der Waals surface area contributed by atoms with E-state index in [2.05, 4.69) is 10.5 Å². The highest BCUT2D eigenvalue weighted by Crippen LogP contribution is 2.26. The molecule has 0 fully saturated rings. The number of nitrogens with one attached hydrogen (secondary N) is 1. The lowest BCUT2D eigenvalue weighted by molar-refractivity contribution is -0.119. The van der Waals surface area contributed by atoms with Crippen LogP contribution in [-0.2, 0) is 14.8 Å². The first-order chi connectivity index (χ1) is 16.6. The molecule has 3 aromatic carbocycles. The van der Waals surface area contributed by atoms with Gasteiger partial charge in [0.2, 0.25) is 0 Å². The van der Waals surface area contributed by atoms with E-state index >= 15 is 0 Å². The second kappa shape index (κ2) is 11.1. The lowest BCUT2D eigenvalue weighted by Gasteiger charge is -2.24. The number of amides is 1. The van der Waals surface area contributed by atoms with E-state index in [4.69, 9.17) is 9.47 Å². The fraction of sp³-hybridized carbons (Fsp3) is 0.231. The Labute approximate surface area is 206 Å². The number of aryl methyl sites for hydroxylation is 3. The van der Waals surface area contributed by atoms with Crippen molar-refractivity contribution in [2.75, 3.05) is 25.1 Å². The van der Waals surface area contributed by atoms with Crippen molar-refractivity contribution >= 4 is 27.8 Å². The van der Waals surface area contributed by atoms with Crippen molar-refractivity contribution in [3.8, 4) is 11.5 Å². The molecule has 9 heteroatoms. The van der Waals surface area contributed by atoms with Gasteiger partial charge in [0.05, 0.1) is 31.0 Å².